The molecule has 2 aromatic rings. The molecule has 2 heterocycles. The summed E-state index contributed by atoms with van der Waals surface area (Å²) in [5.74, 6) is 0. The highest BCUT2D eigenvalue weighted by atomic mass is 32.2. The topological polar surface area (TPSA) is 76.4 Å². The summed E-state index contributed by atoms with van der Waals surface area (Å²) in [6.45, 7) is 3.90. The van der Waals surface area contributed by atoms with Crippen LogP contribution in [0, 0.1) is 13.8 Å². The van der Waals surface area contributed by atoms with E-state index in [4.69, 9.17) is 0 Å². The summed E-state index contributed by atoms with van der Waals surface area (Å²) in [6, 6.07) is 0. The van der Waals surface area contributed by atoms with Crippen LogP contribution in [0.3, 0.4) is 0 Å². The van der Waals surface area contributed by atoms with Crippen molar-refractivity contribution in [1.29, 1.82) is 0 Å². The second-order valence-electron chi connectivity index (χ2n) is 4.04. The highest BCUT2D eigenvalue weighted by molar-refractivity contribution is 7.88. The van der Waals surface area contributed by atoms with E-state index in [1.54, 1.807) is 0 Å². The molecule has 0 fully saturated rings. The van der Waals surface area contributed by atoms with Crippen molar-refractivity contribution in [1.82, 2.24) is 19.1 Å². The van der Waals surface area contributed by atoms with Crippen molar-refractivity contribution < 1.29 is 8.42 Å². The first-order valence-corrected chi connectivity index (χ1v) is 7.01. The van der Waals surface area contributed by atoms with Crippen LogP contribution in [0.4, 0.5) is 0 Å². The zero-order valence-corrected chi connectivity index (χ0v) is 10.7. The Bertz CT molecular complexity index is 660. The maximum absolute atomic E-state index is 11.1. The molecule has 92 valence electrons. The van der Waals surface area contributed by atoms with Crippen molar-refractivity contribution in [3.63, 3.8) is 0 Å². The standard InChI is InChI=1S/C10H14N4O2S/c1-7-5-14-6-8(2)13-10(14)9(12-7)4-11-17(3,15)16/h5-6,11H,4H2,1-3H3. The number of aryl methyl sites for hydroxylation is 2. The van der Waals surface area contributed by atoms with Gasteiger partial charge < -0.3 is 4.40 Å². The van der Waals surface area contributed by atoms with Gasteiger partial charge in [0.2, 0.25) is 10.0 Å². The van der Waals surface area contributed by atoms with Gasteiger partial charge in [-0.25, -0.2) is 18.1 Å². The molecule has 0 amide bonds. The van der Waals surface area contributed by atoms with Gasteiger partial charge in [-0.15, -0.1) is 0 Å². The molecule has 2 aromatic heterocycles. The van der Waals surface area contributed by atoms with Crippen molar-refractivity contribution in [2.24, 2.45) is 0 Å². The number of nitrogens with zero attached hydrogens (tertiary/aromatic N) is 3. The van der Waals surface area contributed by atoms with E-state index in [2.05, 4.69) is 14.7 Å². The SMILES string of the molecule is Cc1cn2cc(C)nc2c(CNS(C)(=O)=O)n1. The fraction of sp³-hybridized carbons (Fsp3) is 0.400. The molecular weight excluding hydrogens is 240 g/mol. The highest BCUT2D eigenvalue weighted by Crippen LogP contribution is 2.10. The third-order valence-electron chi connectivity index (χ3n) is 2.25. The monoisotopic (exact) mass is 254 g/mol. The summed E-state index contributed by atoms with van der Waals surface area (Å²) < 4.78 is 26.4. The average Bonchev–Trinajstić information content (AvgIpc) is 2.53. The molecule has 0 bridgehead atoms. The van der Waals surface area contributed by atoms with E-state index in [0.29, 0.717) is 11.3 Å². The van der Waals surface area contributed by atoms with Gasteiger partial charge in [0.25, 0.3) is 0 Å². The molecule has 0 aliphatic heterocycles. The van der Waals surface area contributed by atoms with Gasteiger partial charge in [0.1, 0.15) is 0 Å². The van der Waals surface area contributed by atoms with Gasteiger partial charge in [-0.3, -0.25) is 4.98 Å². The van der Waals surface area contributed by atoms with Gasteiger partial charge in [0, 0.05) is 12.4 Å². The van der Waals surface area contributed by atoms with Gasteiger partial charge in [-0.05, 0) is 13.8 Å². The minimum Gasteiger partial charge on any atom is -0.303 e. The molecule has 6 nitrogen and oxygen atoms in total. The quantitative estimate of drug-likeness (QED) is 0.860. The van der Waals surface area contributed by atoms with Crippen LogP contribution in [0.2, 0.25) is 0 Å². The number of sulfonamides is 1. The second kappa shape index (κ2) is 4.08. The van der Waals surface area contributed by atoms with Crippen LogP contribution >= 0.6 is 0 Å². The Labute approximate surface area is 99.8 Å². The molecule has 0 saturated heterocycles. The first-order chi connectivity index (χ1) is 7.85. The lowest BCUT2D eigenvalue weighted by Crippen LogP contribution is -2.22. The molecule has 0 saturated carbocycles. The third-order valence-corrected chi connectivity index (χ3v) is 2.92. The first kappa shape index (κ1) is 12.0. The molecule has 0 aromatic carbocycles. The molecule has 0 unspecified atom stereocenters. The Kier molecular flexibility index (Phi) is 2.88. The van der Waals surface area contributed by atoms with Gasteiger partial charge >= 0.3 is 0 Å². The number of nitrogens with one attached hydrogen (secondary N) is 1. The summed E-state index contributed by atoms with van der Waals surface area (Å²) in [4.78, 5) is 8.63. The number of hydrogen-bond acceptors (Lipinski definition) is 4. The van der Waals surface area contributed by atoms with Crippen LogP contribution in [-0.2, 0) is 16.6 Å². The summed E-state index contributed by atoms with van der Waals surface area (Å²) in [5.41, 5.74) is 3.01. The minimum absolute atomic E-state index is 0.153. The van der Waals surface area contributed by atoms with E-state index in [1.807, 2.05) is 30.6 Å². The number of aromatic nitrogens is 3. The van der Waals surface area contributed by atoms with Gasteiger partial charge in [-0.1, -0.05) is 0 Å². The number of imidazole rings is 1. The first-order valence-electron chi connectivity index (χ1n) is 5.11. The summed E-state index contributed by atoms with van der Waals surface area (Å²) in [5, 5.41) is 0. The smallest absolute Gasteiger partial charge is 0.209 e. The molecular formula is C10H14N4O2S. The lowest BCUT2D eigenvalue weighted by atomic mass is 10.4. The summed E-state index contributed by atoms with van der Waals surface area (Å²) in [7, 11) is -3.22. The second-order valence-corrected chi connectivity index (χ2v) is 5.87. The van der Waals surface area contributed by atoms with Crippen molar-refractivity contribution in [2.45, 2.75) is 20.4 Å². The number of fused-ring (bicyclic) bond motifs is 1. The molecule has 17 heavy (non-hydrogen) atoms. The van der Waals surface area contributed by atoms with Crippen LogP contribution < -0.4 is 4.72 Å². The molecule has 7 heteroatoms. The largest absolute Gasteiger partial charge is 0.303 e. The molecule has 1 N–H and O–H groups in total. The van der Waals surface area contributed by atoms with Crippen molar-refractivity contribution in [2.75, 3.05) is 6.26 Å². The zero-order chi connectivity index (χ0) is 12.6. The highest BCUT2D eigenvalue weighted by Gasteiger charge is 2.09. The van der Waals surface area contributed by atoms with Crippen molar-refractivity contribution in [3.05, 3.63) is 29.5 Å². The van der Waals surface area contributed by atoms with Gasteiger partial charge in [0.15, 0.2) is 5.65 Å². The van der Waals surface area contributed by atoms with Crippen molar-refractivity contribution >= 4 is 15.7 Å². The van der Waals surface area contributed by atoms with Crippen LogP contribution in [0.1, 0.15) is 17.1 Å². The van der Waals surface area contributed by atoms with Crippen LogP contribution in [-0.4, -0.2) is 29.0 Å². The molecule has 0 spiro atoms. The van der Waals surface area contributed by atoms with E-state index in [0.717, 1.165) is 17.6 Å². The zero-order valence-electron chi connectivity index (χ0n) is 9.93. The van der Waals surface area contributed by atoms with Gasteiger partial charge in [-0.2, -0.15) is 0 Å². The molecule has 0 aliphatic rings. The normalized spacial score (nSPS) is 12.2. The Hall–Kier alpha value is -1.47. The Morgan fingerprint density at radius 2 is 1.82 bits per heavy atom. The van der Waals surface area contributed by atoms with Crippen LogP contribution in [0.15, 0.2) is 12.4 Å². The fourth-order valence-corrected chi connectivity index (χ4v) is 2.04. The molecule has 0 radical (unpaired) electrons. The molecule has 2 rings (SSSR count). The average molecular weight is 254 g/mol. The Morgan fingerprint density at radius 1 is 1.24 bits per heavy atom. The summed E-state index contributed by atoms with van der Waals surface area (Å²) >= 11 is 0. The van der Waals surface area contributed by atoms with Crippen LogP contribution in [0.25, 0.3) is 5.65 Å². The summed E-state index contributed by atoms with van der Waals surface area (Å²) in [6.07, 6.45) is 4.87. The van der Waals surface area contributed by atoms with E-state index in [-0.39, 0.29) is 6.54 Å². The minimum atomic E-state index is -3.22. The Balaban J connectivity index is 2.45. The van der Waals surface area contributed by atoms with Gasteiger partial charge in [0.05, 0.1) is 29.9 Å². The van der Waals surface area contributed by atoms with E-state index < -0.39 is 10.0 Å². The Morgan fingerprint density at radius 3 is 2.41 bits per heavy atom. The maximum Gasteiger partial charge on any atom is 0.209 e. The van der Waals surface area contributed by atoms with E-state index >= 15 is 0 Å². The lowest BCUT2D eigenvalue weighted by Gasteiger charge is -2.05. The fourth-order valence-electron chi connectivity index (χ4n) is 1.64. The van der Waals surface area contributed by atoms with E-state index in [1.165, 1.54) is 0 Å². The molecule has 0 atom stereocenters. The van der Waals surface area contributed by atoms with E-state index in [9.17, 15) is 8.42 Å². The maximum atomic E-state index is 11.1. The van der Waals surface area contributed by atoms with Crippen molar-refractivity contribution in [3.8, 4) is 0 Å². The number of hydrogen-bond donors (Lipinski definition) is 1. The molecule has 0 aliphatic carbocycles. The van der Waals surface area contributed by atoms with Crippen LogP contribution in [0.5, 0.6) is 0 Å². The predicted molar refractivity (Wildman–Crippen MR) is 64.1 cm³/mol. The predicted octanol–water partition coefficient (Wildman–Crippen LogP) is 0.395. The third kappa shape index (κ3) is 2.80. The number of rotatable bonds is 3. The lowest BCUT2D eigenvalue weighted by molar-refractivity contribution is 0.586.